The van der Waals surface area contributed by atoms with E-state index < -0.39 is 0 Å². The molecule has 0 radical (unpaired) electrons. The Morgan fingerprint density at radius 2 is 1.06 bits per heavy atom. The van der Waals surface area contributed by atoms with Gasteiger partial charge in [-0.15, -0.1) is 0 Å². The van der Waals surface area contributed by atoms with Crippen molar-refractivity contribution in [1.82, 2.24) is 0 Å². The average Bonchev–Trinajstić information content (AvgIpc) is 2.84. The predicted octanol–water partition coefficient (Wildman–Crippen LogP) is 9.44. The molecule has 32 heavy (non-hydrogen) atoms. The molecule has 0 aromatic heterocycles. The molecule has 0 amide bonds. The Hall–Kier alpha value is -3.61. The van der Waals surface area contributed by atoms with E-state index in [2.05, 4.69) is 110 Å². The third-order valence-electron chi connectivity index (χ3n) is 6.46. The zero-order valence-electron chi connectivity index (χ0n) is 17.8. The van der Waals surface area contributed by atoms with Gasteiger partial charge in [-0.25, -0.2) is 0 Å². The van der Waals surface area contributed by atoms with Crippen molar-refractivity contribution in [1.29, 1.82) is 0 Å². The number of fused-ring (bicyclic) bond motifs is 3. The summed E-state index contributed by atoms with van der Waals surface area (Å²) in [6.45, 7) is 2.18. The highest BCUT2D eigenvalue weighted by molar-refractivity contribution is 6.33. The van der Waals surface area contributed by atoms with E-state index in [-0.39, 0.29) is 0 Å². The average molecular weight is 429 g/mol. The standard InChI is InChI=1S/C31H21Cl/c1-20-15-17-27(24-12-6-5-11-23(20)24)31-26-14-8-7-13-25(26)30(21-9-3-2-4-10-21)28-18-16-22(32)19-29(28)31/h2-19H,1H3. The number of rotatable bonds is 2. The highest BCUT2D eigenvalue weighted by Crippen LogP contribution is 2.46. The van der Waals surface area contributed by atoms with E-state index >= 15 is 0 Å². The minimum absolute atomic E-state index is 0.754. The van der Waals surface area contributed by atoms with Crippen LogP contribution in [0, 0.1) is 6.92 Å². The number of halogens is 1. The molecule has 0 heterocycles. The molecule has 0 aliphatic rings. The van der Waals surface area contributed by atoms with Crippen molar-refractivity contribution in [2.75, 3.05) is 0 Å². The zero-order valence-corrected chi connectivity index (χ0v) is 18.5. The van der Waals surface area contributed by atoms with Crippen LogP contribution in [0.5, 0.6) is 0 Å². The van der Waals surface area contributed by atoms with E-state index in [4.69, 9.17) is 11.6 Å². The van der Waals surface area contributed by atoms with Gasteiger partial charge >= 0.3 is 0 Å². The van der Waals surface area contributed by atoms with Crippen molar-refractivity contribution >= 4 is 43.9 Å². The monoisotopic (exact) mass is 428 g/mol. The van der Waals surface area contributed by atoms with Crippen LogP contribution in [0.4, 0.5) is 0 Å². The van der Waals surface area contributed by atoms with Crippen molar-refractivity contribution in [3.05, 3.63) is 120 Å². The molecule has 1 heteroatoms. The van der Waals surface area contributed by atoms with Gasteiger partial charge in [0, 0.05) is 5.02 Å². The highest BCUT2D eigenvalue weighted by atomic mass is 35.5. The van der Waals surface area contributed by atoms with E-state index in [1.165, 1.54) is 60.1 Å². The second kappa shape index (κ2) is 7.51. The van der Waals surface area contributed by atoms with E-state index in [0.29, 0.717) is 0 Å². The minimum Gasteiger partial charge on any atom is -0.0843 e. The van der Waals surface area contributed by atoms with Crippen LogP contribution in [0.1, 0.15) is 5.56 Å². The zero-order chi connectivity index (χ0) is 21.7. The van der Waals surface area contributed by atoms with Gasteiger partial charge in [-0.3, -0.25) is 0 Å². The lowest BCUT2D eigenvalue weighted by molar-refractivity contribution is 1.53. The Balaban J connectivity index is 1.86. The summed E-state index contributed by atoms with van der Waals surface area (Å²) in [6, 6.07) is 38.9. The van der Waals surface area contributed by atoms with E-state index in [1.54, 1.807) is 0 Å². The summed E-state index contributed by atoms with van der Waals surface area (Å²) >= 11 is 6.57. The van der Waals surface area contributed by atoms with Crippen molar-refractivity contribution in [2.45, 2.75) is 6.92 Å². The number of hydrogen-bond donors (Lipinski definition) is 0. The summed E-state index contributed by atoms with van der Waals surface area (Å²) in [5.41, 5.74) is 6.25. The normalized spacial score (nSPS) is 11.4. The summed E-state index contributed by atoms with van der Waals surface area (Å²) < 4.78 is 0. The van der Waals surface area contributed by atoms with Crippen LogP contribution in [0.2, 0.25) is 5.02 Å². The summed E-state index contributed by atoms with van der Waals surface area (Å²) in [7, 11) is 0. The molecule has 6 rings (SSSR count). The summed E-state index contributed by atoms with van der Waals surface area (Å²) in [6.07, 6.45) is 0. The fourth-order valence-electron chi connectivity index (χ4n) is 5.02. The molecule has 6 aromatic carbocycles. The number of aryl methyl sites for hydroxylation is 1. The first-order chi connectivity index (χ1) is 15.7. The van der Waals surface area contributed by atoms with Crippen LogP contribution >= 0.6 is 11.6 Å². The van der Waals surface area contributed by atoms with Gasteiger partial charge in [-0.1, -0.05) is 109 Å². The van der Waals surface area contributed by atoms with E-state index in [0.717, 1.165) is 5.02 Å². The largest absolute Gasteiger partial charge is 0.0843 e. The summed E-state index contributed by atoms with van der Waals surface area (Å²) in [5.74, 6) is 0. The Bertz CT molecular complexity index is 1630. The van der Waals surface area contributed by atoms with E-state index in [9.17, 15) is 0 Å². The molecule has 0 atom stereocenters. The molecule has 0 saturated heterocycles. The molecule has 0 bridgehead atoms. The van der Waals surface area contributed by atoms with Gasteiger partial charge in [0.15, 0.2) is 0 Å². The second-order valence-corrected chi connectivity index (χ2v) is 8.76. The SMILES string of the molecule is Cc1ccc(-c2c3ccccc3c(-c3ccccc3)c3ccc(Cl)cc23)c2ccccc12. The molecular weight excluding hydrogens is 408 g/mol. The fraction of sp³-hybridized carbons (Fsp3) is 0.0323. The fourth-order valence-corrected chi connectivity index (χ4v) is 5.20. The van der Waals surface area contributed by atoms with Gasteiger partial charge < -0.3 is 0 Å². The lowest BCUT2D eigenvalue weighted by Crippen LogP contribution is -1.92. The van der Waals surface area contributed by atoms with Crippen LogP contribution in [0.3, 0.4) is 0 Å². The Morgan fingerprint density at radius 1 is 0.469 bits per heavy atom. The van der Waals surface area contributed by atoms with Crippen molar-refractivity contribution in [2.24, 2.45) is 0 Å². The smallest absolute Gasteiger partial charge is 0.0412 e. The van der Waals surface area contributed by atoms with Gasteiger partial charge in [-0.2, -0.15) is 0 Å². The third-order valence-corrected chi connectivity index (χ3v) is 6.70. The number of benzene rings is 6. The maximum Gasteiger partial charge on any atom is 0.0412 e. The molecule has 0 fully saturated rings. The quantitative estimate of drug-likeness (QED) is 0.241. The number of hydrogen-bond acceptors (Lipinski definition) is 0. The lowest BCUT2D eigenvalue weighted by atomic mass is 9.84. The molecule has 0 unspecified atom stereocenters. The molecule has 0 nitrogen and oxygen atoms in total. The molecular formula is C31H21Cl. The molecule has 152 valence electrons. The summed E-state index contributed by atoms with van der Waals surface area (Å²) in [5, 5.41) is 8.22. The predicted molar refractivity (Wildman–Crippen MR) is 140 cm³/mol. The lowest BCUT2D eigenvalue weighted by Gasteiger charge is -2.19. The highest BCUT2D eigenvalue weighted by Gasteiger charge is 2.18. The van der Waals surface area contributed by atoms with Crippen LogP contribution in [-0.2, 0) is 0 Å². The Morgan fingerprint density at radius 3 is 1.81 bits per heavy atom. The first kappa shape index (κ1) is 19.1. The molecule has 0 aliphatic heterocycles. The maximum absolute atomic E-state index is 6.57. The first-order valence-corrected chi connectivity index (χ1v) is 11.3. The molecule has 6 aromatic rings. The molecule has 0 saturated carbocycles. The first-order valence-electron chi connectivity index (χ1n) is 10.9. The van der Waals surface area contributed by atoms with Crippen LogP contribution in [-0.4, -0.2) is 0 Å². The molecule has 0 N–H and O–H groups in total. The molecule has 0 spiro atoms. The van der Waals surface area contributed by atoms with Gasteiger partial charge in [0.1, 0.15) is 0 Å². The van der Waals surface area contributed by atoms with Crippen molar-refractivity contribution in [3.8, 4) is 22.3 Å². The second-order valence-electron chi connectivity index (χ2n) is 8.33. The Labute approximate surface area is 192 Å². The van der Waals surface area contributed by atoms with Crippen LogP contribution in [0.25, 0.3) is 54.6 Å². The molecule has 0 aliphatic carbocycles. The van der Waals surface area contributed by atoms with Crippen molar-refractivity contribution < 1.29 is 0 Å². The van der Waals surface area contributed by atoms with Gasteiger partial charge in [0.25, 0.3) is 0 Å². The summed E-state index contributed by atoms with van der Waals surface area (Å²) in [4.78, 5) is 0. The maximum atomic E-state index is 6.57. The van der Waals surface area contributed by atoms with Gasteiger partial charge in [-0.05, 0) is 79.2 Å². The van der Waals surface area contributed by atoms with Gasteiger partial charge in [0.2, 0.25) is 0 Å². The van der Waals surface area contributed by atoms with Crippen molar-refractivity contribution in [3.63, 3.8) is 0 Å². The minimum atomic E-state index is 0.754. The topological polar surface area (TPSA) is 0 Å². The van der Waals surface area contributed by atoms with Crippen LogP contribution < -0.4 is 0 Å². The third kappa shape index (κ3) is 2.92. The van der Waals surface area contributed by atoms with Gasteiger partial charge in [0.05, 0.1) is 0 Å². The Kier molecular flexibility index (Phi) is 4.48. The van der Waals surface area contributed by atoms with E-state index in [1.807, 2.05) is 6.07 Å². The van der Waals surface area contributed by atoms with Crippen LogP contribution in [0.15, 0.2) is 109 Å².